The highest BCUT2D eigenvalue weighted by molar-refractivity contribution is 5.48. The molecule has 3 heterocycles. The van der Waals surface area contributed by atoms with Crippen molar-refractivity contribution in [2.24, 2.45) is 17.8 Å². The van der Waals surface area contributed by atoms with Crippen LogP contribution < -0.4 is 9.47 Å². The molecule has 13 atom stereocenters. The first kappa shape index (κ1) is 41.2. The lowest BCUT2D eigenvalue weighted by atomic mass is 9.85. The highest BCUT2D eigenvalue weighted by atomic mass is 16.7. The quantitative estimate of drug-likeness (QED) is 0.134. The summed E-state index contributed by atoms with van der Waals surface area (Å²) in [5, 5.41) is 62.2. The van der Waals surface area contributed by atoms with Crippen LogP contribution in [0.25, 0.3) is 0 Å². The topological polar surface area (TPSA) is 168 Å². The van der Waals surface area contributed by atoms with E-state index in [1.165, 1.54) is 51.9 Å². The molecular weight excluding hydrogens is 644 g/mol. The van der Waals surface area contributed by atoms with Crippen LogP contribution in [0, 0.1) is 24.7 Å². The molecule has 0 spiro atoms. The molecule has 1 aromatic rings. The Morgan fingerprint density at radius 3 is 2.02 bits per heavy atom. The second kappa shape index (κ2) is 18.5. The van der Waals surface area contributed by atoms with Crippen LogP contribution in [0.2, 0.25) is 0 Å². The second-order valence-corrected chi connectivity index (χ2v) is 16.3. The maximum atomic E-state index is 10.7. The summed E-state index contributed by atoms with van der Waals surface area (Å²) in [6.45, 7) is 14.7. The Bertz CT molecular complexity index is 1180. The largest absolute Gasteiger partial charge is 0.487 e. The molecule has 2 saturated heterocycles. The van der Waals surface area contributed by atoms with Gasteiger partial charge < -0.3 is 54.3 Å². The molecule has 11 heteroatoms. The summed E-state index contributed by atoms with van der Waals surface area (Å²) in [7, 11) is 0. The van der Waals surface area contributed by atoms with E-state index in [-0.39, 0.29) is 12.2 Å². The lowest BCUT2D eigenvalue weighted by Gasteiger charge is -2.42. The fraction of sp³-hybridized carbons (Fsp3) is 0.846. The lowest BCUT2D eigenvalue weighted by Crippen LogP contribution is -2.61. The van der Waals surface area contributed by atoms with E-state index >= 15 is 0 Å². The maximum Gasteiger partial charge on any atom is 0.229 e. The monoisotopic (exact) mass is 710 g/mol. The molecular formula is C39H66O11. The Kier molecular flexibility index (Phi) is 15.2. The molecule has 50 heavy (non-hydrogen) atoms. The van der Waals surface area contributed by atoms with Gasteiger partial charge in [0.25, 0.3) is 0 Å². The minimum absolute atomic E-state index is 0.248. The molecule has 3 aliphatic heterocycles. The number of aryl methyl sites for hydroxylation is 2. The van der Waals surface area contributed by atoms with E-state index in [1.54, 1.807) is 0 Å². The number of fused-ring (bicyclic) bond motifs is 1. The number of ether oxygens (including phenoxy) is 5. The predicted octanol–water partition coefficient (Wildman–Crippen LogP) is 4.55. The third kappa shape index (κ3) is 11.0. The van der Waals surface area contributed by atoms with Crippen LogP contribution in [-0.2, 0) is 20.6 Å². The van der Waals surface area contributed by atoms with Gasteiger partial charge in [-0.15, -0.1) is 0 Å². The Hall–Kier alpha value is -1.54. The van der Waals surface area contributed by atoms with Crippen molar-refractivity contribution >= 4 is 0 Å². The lowest BCUT2D eigenvalue weighted by molar-refractivity contribution is -0.318. The van der Waals surface area contributed by atoms with E-state index in [0.717, 1.165) is 54.4 Å². The average Bonchev–Trinajstić information content (AvgIpc) is 3.05. The molecule has 0 aliphatic carbocycles. The molecule has 3 aliphatic rings. The summed E-state index contributed by atoms with van der Waals surface area (Å²) < 4.78 is 29.5. The Morgan fingerprint density at radius 2 is 1.36 bits per heavy atom. The van der Waals surface area contributed by atoms with Crippen LogP contribution in [0.5, 0.6) is 11.5 Å². The van der Waals surface area contributed by atoms with Gasteiger partial charge in [0.2, 0.25) is 6.29 Å². The van der Waals surface area contributed by atoms with Crippen molar-refractivity contribution in [2.45, 2.75) is 186 Å². The first-order valence-corrected chi connectivity index (χ1v) is 19.1. The van der Waals surface area contributed by atoms with E-state index in [4.69, 9.17) is 23.7 Å². The zero-order chi connectivity index (χ0) is 36.7. The predicted molar refractivity (Wildman–Crippen MR) is 189 cm³/mol. The van der Waals surface area contributed by atoms with Crippen molar-refractivity contribution in [1.29, 1.82) is 0 Å². The van der Waals surface area contributed by atoms with Gasteiger partial charge in [-0.3, -0.25) is 0 Å². The number of aliphatic hydroxyl groups excluding tert-OH is 6. The smallest absolute Gasteiger partial charge is 0.229 e. The molecule has 0 aromatic heterocycles. The highest BCUT2D eigenvalue weighted by Gasteiger charge is 2.47. The third-order valence-electron chi connectivity index (χ3n) is 11.0. The van der Waals surface area contributed by atoms with Gasteiger partial charge in [0.15, 0.2) is 6.29 Å². The Balaban J connectivity index is 1.26. The maximum absolute atomic E-state index is 10.7. The van der Waals surface area contributed by atoms with E-state index in [2.05, 4.69) is 34.6 Å². The molecule has 0 saturated carbocycles. The number of aliphatic hydroxyl groups is 6. The molecule has 288 valence electrons. The number of hydrogen-bond acceptors (Lipinski definition) is 11. The van der Waals surface area contributed by atoms with Gasteiger partial charge in [0, 0.05) is 0 Å². The average molecular weight is 711 g/mol. The van der Waals surface area contributed by atoms with E-state index in [9.17, 15) is 30.6 Å². The third-order valence-corrected chi connectivity index (χ3v) is 11.0. The van der Waals surface area contributed by atoms with Crippen LogP contribution in [0.15, 0.2) is 12.1 Å². The van der Waals surface area contributed by atoms with Gasteiger partial charge in [-0.2, -0.15) is 0 Å². The van der Waals surface area contributed by atoms with Crippen molar-refractivity contribution in [3.63, 3.8) is 0 Å². The minimum atomic E-state index is -1.60. The first-order chi connectivity index (χ1) is 23.6. The summed E-state index contributed by atoms with van der Waals surface area (Å²) in [5.41, 5.74) is 1.64. The SMILES string of the molecule is Cc1cc(O[C@@H]2O[C@H](CO[C@@H]3O[C@@H](C)[C@H](O)[C@@H](O)[C@H]3O)[C@@H](O)[C@H](O)[C@H]2O)cc2c1O[C@](C)(CCC[C@H](C)CCC[C@H](C)CCCC(C)C)CC2. The Labute approximate surface area is 299 Å². The number of hydrogen-bond donors (Lipinski definition) is 6. The van der Waals surface area contributed by atoms with E-state index in [1.807, 2.05) is 19.1 Å². The molecule has 0 unspecified atom stereocenters. The molecule has 6 N–H and O–H groups in total. The van der Waals surface area contributed by atoms with Gasteiger partial charge in [-0.1, -0.05) is 72.6 Å². The Morgan fingerprint density at radius 1 is 0.760 bits per heavy atom. The van der Waals surface area contributed by atoms with Crippen molar-refractivity contribution in [3.8, 4) is 11.5 Å². The molecule has 0 bridgehead atoms. The van der Waals surface area contributed by atoms with Crippen molar-refractivity contribution < 1.29 is 54.3 Å². The fourth-order valence-electron chi connectivity index (χ4n) is 7.51. The normalized spacial score (nSPS) is 35.7. The van der Waals surface area contributed by atoms with E-state index < -0.39 is 61.4 Å². The van der Waals surface area contributed by atoms with Crippen LogP contribution in [0.4, 0.5) is 0 Å². The summed E-state index contributed by atoms with van der Waals surface area (Å²) in [6.07, 6.45) is -0.629. The first-order valence-electron chi connectivity index (χ1n) is 19.1. The van der Waals surface area contributed by atoms with Gasteiger partial charge in [-0.25, -0.2) is 0 Å². The minimum Gasteiger partial charge on any atom is -0.487 e. The standard InChI is InChI=1S/C39H66O11/c1-22(2)11-8-12-23(3)13-9-14-24(4)15-10-17-39(7)18-16-27-20-28(19-25(5)36(27)50-39)48-38-35(45)33(43)31(41)29(49-38)21-46-37-34(44)32(42)30(40)26(6)47-37/h19-20,22-24,26,29-35,37-38,40-45H,8-18,21H2,1-7H3/t23-,24-,26+,29-,30+,31-,32-,33+,34-,35-,37-,38-,39-/m1/s1. The van der Waals surface area contributed by atoms with E-state index in [0.29, 0.717) is 11.7 Å². The number of rotatable bonds is 17. The molecule has 4 rings (SSSR count). The van der Waals surface area contributed by atoms with Gasteiger partial charge in [0.1, 0.15) is 59.8 Å². The van der Waals surface area contributed by atoms with Crippen LogP contribution in [-0.4, -0.2) is 104 Å². The summed E-state index contributed by atoms with van der Waals surface area (Å²) in [5.74, 6) is 3.61. The molecule has 1 aromatic carbocycles. The molecule has 11 nitrogen and oxygen atoms in total. The molecule has 2 fully saturated rings. The van der Waals surface area contributed by atoms with Crippen LogP contribution >= 0.6 is 0 Å². The zero-order valence-corrected chi connectivity index (χ0v) is 31.4. The fourth-order valence-corrected chi connectivity index (χ4v) is 7.51. The van der Waals surface area contributed by atoms with Crippen LogP contribution in [0.1, 0.15) is 117 Å². The summed E-state index contributed by atoms with van der Waals surface area (Å²) >= 11 is 0. The van der Waals surface area contributed by atoms with Crippen molar-refractivity contribution in [1.82, 2.24) is 0 Å². The molecule has 0 amide bonds. The zero-order valence-electron chi connectivity index (χ0n) is 31.4. The van der Waals surface area contributed by atoms with Gasteiger partial charge in [-0.05, 0) is 87.5 Å². The van der Waals surface area contributed by atoms with Gasteiger partial charge in [0.05, 0.1) is 12.7 Å². The number of benzene rings is 1. The van der Waals surface area contributed by atoms with Crippen LogP contribution in [0.3, 0.4) is 0 Å². The van der Waals surface area contributed by atoms with Crippen molar-refractivity contribution in [2.75, 3.05) is 6.61 Å². The van der Waals surface area contributed by atoms with Crippen molar-refractivity contribution in [3.05, 3.63) is 23.3 Å². The van der Waals surface area contributed by atoms with Gasteiger partial charge >= 0.3 is 0 Å². The summed E-state index contributed by atoms with van der Waals surface area (Å²) in [6, 6.07) is 3.68. The molecule has 0 radical (unpaired) electrons. The second-order valence-electron chi connectivity index (χ2n) is 16.3. The summed E-state index contributed by atoms with van der Waals surface area (Å²) in [4.78, 5) is 0. The highest BCUT2D eigenvalue weighted by Crippen LogP contribution is 2.41.